The monoisotopic (exact) mass is 320 g/mol. The lowest BCUT2D eigenvalue weighted by Gasteiger charge is -2.29. The Morgan fingerprint density at radius 3 is 2.57 bits per heavy atom. The second kappa shape index (κ2) is 3.99. The molecule has 4 rings (SSSR count). The van der Waals surface area contributed by atoms with Crippen molar-refractivity contribution in [3.63, 3.8) is 0 Å². The summed E-state index contributed by atoms with van der Waals surface area (Å²) in [4.78, 5) is 12.3. The zero-order valence-electron chi connectivity index (χ0n) is 13.1. The van der Waals surface area contributed by atoms with E-state index in [-0.39, 0.29) is 5.82 Å². The minimum Gasteiger partial charge on any atom is -0.383 e. The first-order valence-electron chi connectivity index (χ1n) is 7.46. The van der Waals surface area contributed by atoms with Gasteiger partial charge in [-0.2, -0.15) is 0 Å². The second-order valence-corrected chi connectivity index (χ2v) is 7.01. The summed E-state index contributed by atoms with van der Waals surface area (Å²) in [6, 6.07) is -0.451. The van der Waals surface area contributed by atoms with Crippen LogP contribution in [-0.4, -0.2) is 53.1 Å². The Labute approximate surface area is 132 Å². The van der Waals surface area contributed by atoms with Crippen LogP contribution in [0.3, 0.4) is 0 Å². The van der Waals surface area contributed by atoms with Gasteiger partial charge in [-0.1, -0.05) is 13.8 Å². The van der Waals surface area contributed by atoms with Crippen LogP contribution in [0.25, 0.3) is 11.2 Å². The summed E-state index contributed by atoms with van der Waals surface area (Å²) < 4.78 is 7.49. The predicted molar refractivity (Wildman–Crippen MR) is 81.0 cm³/mol. The molecule has 5 atom stereocenters. The van der Waals surface area contributed by atoms with Gasteiger partial charge in [0.15, 0.2) is 17.7 Å². The van der Waals surface area contributed by atoms with Gasteiger partial charge in [0.05, 0.1) is 6.33 Å². The number of aliphatic hydroxyl groups is 2. The van der Waals surface area contributed by atoms with E-state index >= 15 is 0 Å². The van der Waals surface area contributed by atoms with E-state index in [4.69, 9.17) is 16.2 Å². The molecule has 0 radical (unpaired) electrons. The molecular weight excluding hydrogens is 300 g/mol. The van der Waals surface area contributed by atoms with E-state index in [1.165, 1.54) is 12.7 Å². The normalized spacial score (nSPS) is 39.4. The van der Waals surface area contributed by atoms with Gasteiger partial charge in [0.25, 0.3) is 0 Å². The zero-order chi connectivity index (χ0) is 16.8. The Balaban J connectivity index is 1.88. The Hall–Kier alpha value is -1.81. The van der Waals surface area contributed by atoms with E-state index in [9.17, 15) is 10.2 Å². The van der Waals surface area contributed by atoms with Crippen molar-refractivity contribution in [2.24, 2.45) is 11.1 Å². The van der Waals surface area contributed by atoms with Gasteiger partial charge in [-0.15, -0.1) is 0 Å². The smallest absolute Gasteiger partial charge is 0.169 e. The van der Waals surface area contributed by atoms with Crippen molar-refractivity contribution in [3.8, 4) is 0 Å². The highest BCUT2D eigenvalue weighted by atomic mass is 16.6. The van der Waals surface area contributed by atoms with Gasteiger partial charge < -0.3 is 26.4 Å². The maximum Gasteiger partial charge on any atom is 0.169 e. The molecule has 0 amide bonds. The summed E-state index contributed by atoms with van der Waals surface area (Å²) >= 11 is 0. The fourth-order valence-corrected chi connectivity index (χ4v) is 4.11. The third-order valence-corrected chi connectivity index (χ3v) is 5.59. The average Bonchev–Trinajstić information content (AvgIpc) is 2.86. The average molecular weight is 320 g/mol. The number of ether oxygens (including phenoxy) is 1. The third kappa shape index (κ3) is 1.36. The highest BCUT2D eigenvalue weighted by Gasteiger charge is 2.93. The molecule has 6 N–H and O–H groups in total. The van der Waals surface area contributed by atoms with Crippen LogP contribution in [0, 0.1) is 5.41 Å². The quantitative estimate of drug-likeness (QED) is 0.560. The first-order valence-corrected chi connectivity index (χ1v) is 7.46. The van der Waals surface area contributed by atoms with Crippen LogP contribution in [0.5, 0.6) is 0 Å². The topological polar surface area (TPSA) is 145 Å². The molecule has 9 nitrogen and oxygen atoms in total. The standard InChI is InChI=1S/C14H20N6O3/c1-6(15)8-13(21)12(2,3)14(13,22)11(23-8)20-5-19-7-9(16)17-4-18-10(7)20/h4-6,8,11,21-22H,15H2,1-3H3,(H2,16,17,18)/t6?,8-,11-,13+,14-/m1/s1. The Kier molecular flexibility index (Phi) is 2.56. The highest BCUT2D eigenvalue weighted by Crippen LogP contribution is 2.75. The van der Waals surface area contributed by atoms with Gasteiger partial charge in [0.1, 0.15) is 29.2 Å². The van der Waals surface area contributed by atoms with Crippen molar-refractivity contribution in [3.05, 3.63) is 12.7 Å². The van der Waals surface area contributed by atoms with E-state index in [0.717, 1.165) is 0 Å². The maximum atomic E-state index is 11.2. The number of nitrogen functional groups attached to an aromatic ring is 1. The Morgan fingerprint density at radius 2 is 1.96 bits per heavy atom. The number of rotatable bonds is 2. The first-order chi connectivity index (χ1) is 10.7. The van der Waals surface area contributed by atoms with Gasteiger partial charge in [0, 0.05) is 11.5 Å². The fraction of sp³-hybridized carbons (Fsp3) is 0.643. The molecule has 9 heteroatoms. The molecule has 124 valence electrons. The molecule has 0 bridgehead atoms. The van der Waals surface area contributed by atoms with E-state index < -0.39 is 35.0 Å². The number of nitrogens with two attached hydrogens (primary N) is 2. The third-order valence-electron chi connectivity index (χ3n) is 5.59. The minimum atomic E-state index is -1.49. The predicted octanol–water partition coefficient (Wildman–Crippen LogP) is -0.845. The number of nitrogens with zero attached hydrogens (tertiary/aromatic N) is 4. The van der Waals surface area contributed by atoms with E-state index in [1.54, 1.807) is 25.3 Å². The molecule has 0 aromatic carbocycles. The van der Waals surface area contributed by atoms with Crippen LogP contribution in [0.15, 0.2) is 12.7 Å². The summed E-state index contributed by atoms with van der Waals surface area (Å²) in [5.74, 6) is 0.243. The number of anilines is 1. The van der Waals surface area contributed by atoms with Gasteiger partial charge in [-0.25, -0.2) is 15.0 Å². The lowest BCUT2D eigenvalue weighted by atomic mass is 9.97. The van der Waals surface area contributed by atoms with Crippen molar-refractivity contribution in [2.75, 3.05) is 5.73 Å². The molecule has 1 saturated carbocycles. The van der Waals surface area contributed by atoms with Crippen molar-refractivity contribution in [2.45, 2.75) is 50.3 Å². The SMILES string of the molecule is CC(N)[C@H]1O[C@@H](n2cnc3c(N)ncnc32)[C@@]2(O)C(C)(C)[C@@]12O. The zero-order valence-corrected chi connectivity index (χ0v) is 13.1. The first kappa shape index (κ1) is 14.8. The molecule has 3 heterocycles. The minimum absolute atomic E-state index is 0.243. The van der Waals surface area contributed by atoms with Crippen LogP contribution in [0.4, 0.5) is 5.82 Å². The Bertz CT molecular complexity index is 805. The van der Waals surface area contributed by atoms with Gasteiger partial charge in [-0.3, -0.25) is 4.57 Å². The molecule has 2 aliphatic rings. The summed E-state index contributed by atoms with van der Waals surface area (Å²) in [5, 5.41) is 22.2. The van der Waals surface area contributed by atoms with Gasteiger partial charge in [0.2, 0.25) is 0 Å². The summed E-state index contributed by atoms with van der Waals surface area (Å²) in [6.45, 7) is 5.33. The van der Waals surface area contributed by atoms with E-state index in [0.29, 0.717) is 11.2 Å². The van der Waals surface area contributed by atoms with Crippen LogP contribution < -0.4 is 11.5 Å². The lowest BCUT2D eigenvalue weighted by Crippen LogP contribution is -2.45. The molecule has 1 aliphatic carbocycles. The number of aromatic nitrogens is 4. The Morgan fingerprint density at radius 1 is 1.26 bits per heavy atom. The van der Waals surface area contributed by atoms with Crippen LogP contribution in [0.1, 0.15) is 27.0 Å². The largest absolute Gasteiger partial charge is 0.383 e. The molecule has 23 heavy (non-hydrogen) atoms. The van der Waals surface area contributed by atoms with Crippen molar-refractivity contribution in [1.29, 1.82) is 0 Å². The van der Waals surface area contributed by atoms with Crippen molar-refractivity contribution in [1.82, 2.24) is 19.5 Å². The molecule has 1 saturated heterocycles. The highest BCUT2D eigenvalue weighted by molar-refractivity contribution is 5.81. The van der Waals surface area contributed by atoms with Crippen molar-refractivity contribution >= 4 is 17.0 Å². The number of fused-ring (bicyclic) bond motifs is 2. The summed E-state index contributed by atoms with van der Waals surface area (Å²) in [7, 11) is 0. The molecule has 1 aliphatic heterocycles. The maximum absolute atomic E-state index is 11.2. The second-order valence-electron chi connectivity index (χ2n) is 7.01. The molecule has 2 fully saturated rings. The van der Waals surface area contributed by atoms with Gasteiger partial charge >= 0.3 is 0 Å². The van der Waals surface area contributed by atoms with E-state index in [2.05, 4.69) is 15.0 Å². The molecule has 2 aromatic heterocycles. The van der Waals surface area contributed by atoms with Gasteiger partial charge in [-0.05, 0) is 6.92 Å². The lowest BCUT2D eigenvalue weighted by molar-refractivity contribution is -0.116. The number of imidazole rings is 1. The molecule has 0 spiro atoms. The molecule has 2 aromatic rings. The van der Waals surface area contributed by atoms with Crippen LogP contribution in [0.2, 0.25) is 0 Å². The number of hydrogen-bond acceptors (Lipinski definition) is 8. The summed E-state index contributed by atoms with van der Waals surface area (Å²) in [6.07, 6.45) is 1.24. The number of hydrogen-bond donors (Lipinski definition) is 4. The molecular formula is C14H20N6O3. The molecule has 1 unspecified atom stereocenters. The van der Waals surface area contributed by atoms with Crippen LogP contribution in [-0.2, 0) is 4.74 Å². The summed E-state index contributed by atoms with van der Waals surface area (Å²) in [5.41, 5.74) is 8.91. The van der Waals surface area contributed by atoms with Crippen molar-refractivity contribution < 1.29 is 14.9 Å². The fourth-order valence-electron chi connectivity index (χ4n) is 4.11. The van der Waals surface area contributed by atoms with Crippen LogP contribution >= 0.6 is 0 Å². The van der Waals surface area contributed by atoms with E-state index in [1.807, 2.05) is 0 Å².